The van der Waals surface area contributed by atoms with Gasteiger partial charge in [0.25, 0.3) is 0 Å². The summed E-state index contributed by atoms with van der Waals surface area (Å²) in [4.78, 5) is 0. The molecular weight excluding hydrogens is 198 g/mol. The van der Waals surface area contributed by atoms with Crippen LogP contribution in [0.5, 0.6) is 0 Å². The predicted octanol–water partition coefficient (Wildman–Crippen LogP) is 3.22. The van der Waals surface area contributed by atoms with Gasteiger partial charge in [0.05, 0.1) is 0 Å². The Hall–Kier alpha value is -0.0800. The standard InChI is InChI=1S/C14H29NO/c1-5-15-13(11-14(2,3)4)10-12-6-8-16-9-7-12/h12-13,15H,5-11H2,1-4H3. The van der Waals surface area contributed by atoms with Gasteiger partial charge in [0, 0.05) is 19.3 Å². The van der Waals surface area contributed by atoms with Gasteiger partial charge in [-0.05, 0) is 43.6 Å². The highest BCUT2D eigenvalue weighted by atomic mass is 16.5. The lowest BCUT2D eigenvalue weighted by Crippen LogP contribution is -2.35. The van der Waals surface area contributed by atoms with Crippen LogP contribution in [0, 0.1) is 11.3 Å². The van der Waals surface area contributed by atoms with Crippen molar-refractivity contribution in [2.75, 3.05) is 19.8 Å². The molecular formula is C14H29NO. The van der Waals surface area contributed by atoms with Gasteiger partial charge in [-0.2, -0.15) is 0 Å². The van der Waals surface area contributed by atoms with Gasteiger partial charge in [0.15, 0.2) is 0 Å². The van der Waals surface area contributed by atoms with Crippen LogP contribution in [-0.2, 0) is 4.74 Å². The van der Waals surface area contributed by atoms with E-state index >= 15 is 0 Å². The molecule has 1 aliphatic rings. The van der Waals surface area contributed by atoms with Crippen molar-refractivity contribution in [3.8, 4) is 0 Å². The van der Waals surface area contributed by atoms with Crippen molar-refractivity contribution in [2.24, 2.45) is 11.3 Å². The summed E-state index contributed by atoms with van der Waals surface area (Å²) in [7, 11) is 0. The van der Waals surface area contributed by atoms with Crippen LogP contribution in [0.4, 0.5) is 0 Å². The van der Waals surface area contributed by atoms with Crippen LogP contribution in [0.1, 0.15) is 53.4 Å². The summed E-state index contributed by atoms with van der Waals surface area (Å²) in [5.41, 5.74) is 0.429. The molecule has 0 bridgehead atoms. The maximum absolute atomic E-state index is 5.42. The van der Waals surface area contributed by atoms with E-state index in [4.69, 9.17) is 4.74 Å². The minimum Gasteiger partial charge on any atom is -0.381 e. The number of rotatable bonds is 5. The number of hydrogen-bond acceptors (Lipinski definition) is 2. The van der Waals surface area contributed by atoms with Crippen LogP contribution in [0.3, 0.4) is 0 Å². The lowest BCUT2D eigenvalue weighted by molar-refractivity contribution is 0.0588. The van der Waals surface area contributed by atoms with Gasteiger partial charge < -0.3 is 10.1 Å². The minimum atomic E-state index is 0.429. The molecule has 0 aromatic carbocycles. The molecule has 1 rings (SSSR count). The van der Waals surface area contributed by atoms with Gasteiger partial charge in [-0.1, -0.05) is 27.7 Å². The molecule has 1 heterocycles. The molecule has 0 radical (unpaired) electrons. The second kappa shape index (κ2) is 6.61. The molecule has 2 nitrogen and oxygen atoms in total. The molecule has 0 saturated carbocycles. The molecule has 0 aliphatic carbocycles. The monoisotopic (exact) mass is 227 g/mol. The van der Waals surface area contributed by atoms with E-state index in [-0.39, 0.29) is 0 Å². The molecule has 0 spiro atoms. The SMILES string of the molecule is CCNC(CC1CCOCC1)CC(C)(C)C. The third-order valence-corrected chi connectivity index (χ3v) is 3.31. The lowest BCUT2D eigenvalue weighted by atomic mass is 9.83. The first-order valence-electron chi connectivity index (χ1n) is 6.82. The summed E-state index contributed by atoms with van der Waals surface area (Å²) in [6.07, 6.45) is 5.12. The van der Waals surface area contributed by atoms with Gasteiger partial charge in [-0.25, -0.2) is 0 Å². The first kappa shape index (κ1) is 14.0. The Morgan fingerprint density at radius 3 is 2.38 bits per heavy atom. The maximum atomic E-state index is 5.42. The highest BCUT2D eigenvalue weighted by Gasteiger charge is 2.22. The smallest absolute Gasteiger partial charge is 0.0468 e. The van der Waals surface area contributed by atoms with E-state index in [0.717, 1.165) is 25.7 Å². The average molecular weight is 227 g/mol. The molecule has 1 N–H and O–H groups in total. The minimum absolute atomic E-state index is 0.429. The highest BCUT2D eigenvalue weighted by molar-refractivity contribution is 4.78. The van der Waals surface area contributed by atoms with Gasteiger partial charge in [0.2, 0.25) is 0 Å². The Morgan fingerprint density at radius 1 is 1.25 bits per heavy atom. The fourth-order valence-corrected chi connectivity index (χ4v) is 2.65. The Kier molecular flexibility index (Phi) is 5.77. The maximum Gasteiger partial charge on any atom is 0.0468 e. The number of hydrogen-bond donors (Lipinski definition) is 1. The molecule has 1 aliphatic heterocycles. The van der Waals surface area contributed by atoms with Crippen LogP contribution in [0.25, 0.3) is 0 Å². The molecule has 0 aromatic heterocycles. The van der Waals surface area contributed by atoms with E-state index in [9.17, 15) is 0 Å². The van der Waals surface area contributed by atoms with Crippen LogP contribution in [0.15, 0.2) is 0 Å². The molecule has 96 valence electrons. The fourth-order valence-electron chi connectivity index (χ4n) is 2.65. The average Bonchev–Trinajstić information content (AvgIpc) is 2.17. The second-order valence-electron chi connectivity index (χ2n) is 6.31. The van der Waals surface area contributed by atoms with Crippen molar-refractivity contribution in [1.29, 1.82) is 0 Å². The Balaban J connectivity index is 2.36. The van der Waals surface area contributed by atoms with Gasteiger partial charge >= 0.3 is 0 Å². The van der Waals surface area contributed by atoms with Crippen molar-refractivity contribution in [1.82, 2.24) is 5.32 Å². The highest BCUT2D eigenvalue weighted by Crippen LogP contribution is 2.27. The number of ether oxygens (including phenoxy) is 1. The van der Waals surface area contributed by atoms with Crippen molar-refractivity contribution in [3.63, 3.8) is 0 Å². The fraction of sp³-hybridized carbons (Fsp3) is 1.00. The third-order valence-electron chi connectivity index (χ3n) is 3.31. The zero-order valence-electron chi connectivity index (χ0n) is 11.5. The summed E-state index contributed by atoms with van der Waals surface area (Å²) in [5.74, 6) is 0.875. The summed E-state index contributed by atoms with van der Waals surface area (Å²) in [6.45, 7) is 12.2. The van der Waals surface area contributed by atoms with Crippen molar-refractivity contribution < 1.29 is 4.74 Å². The third kappa shape index (κ3) is 5.86. The van der Waals surface area contributed by atoms with Crippen molar-refractivity contribution in [3.05, 3.63) is 0 Å². The van der Waals surface area contributed by atoms with E-state index in [1.165, 1.54) is 25.7 Å². The summed E-state index contributed by atoms with van der Waals surface area (Å²) in [6, 6.07) is 0.688. The molecule has 1 atom stereocenters. The number of nitrogens with one attached hydrogen (secondary N) is 1. The van der Waals surface area contributed by atoms with Gasteiger partial charge in [0.1, 0.15) is 0 Å². The van der Waals surface area contributed by atoms with Crippen LogP contribution in [-0.4, -0.2) is 25.8 Å². The molecule has 1 saturated heterocycles. The van der Waals surface area contributed by atoms with E-state index < -0.39 is 0 Å². The zero-order chi connectivity index (χ0) is 12.0. The lowest BCUT2D eigenvalue weighted by Gasteiger charge is -2.31. The predicted molar refractivity (Wildman–Crippen MR) is 69.7 cm³/mol. The first-order valence-corrected chi connectivity index (χ1v) is 6.82. The topological polar surface area (TPSA) is 21.3 Å². The molecule has 1 unspecified atom stereocenters. The van der Waals surface area contributed by atoms with Crippen LogP contribution in [0.2, 0.25) is 0 Å². The van der Waals surface area contributed by atoms with Crippen molar-refractivity contribution >= 4 is 0 Å². The Morgan fingerprint density at radius 2 is 1.88 bits per heavy atom. The Bertz CT molecular complexity index is 180. The zero-order valence-corrected chi connectivity index (χ0v) is 11.5. The molecule has 0 amide bonds. The molecule has 16 heavy (non-hydrogen) atoms. The van der Waals surface area contributed by atoms with Crippen LogP contribution >= 0.6 is 0 Å². The molecule has 1 fully saturated rings. The van der Waals surface area contributed by atoms with Gasteiger partial charge in [-0.3, -0.25) is 0 Å². The largest absolute Gasteiger partial charge is 0.381 e. The second-order valence-corrected chi connectivity index (χ2v) is 6.31. The quantitative estimate of drug-likeness (QED) is 0.778. The Labute approximate surface area is 101 Å². The molecule has 2 heteroatoms. The van der Waals surface area contributed by atoms with Gasteiger partial charge in [-0.15, -0.1) is 0 Å². The molecule has 0 aromatic rings. The summed E-state index contributed by atoms with van der Waals surface area (Å²) >= 11 is 0. The first-order chi connectivity index (χ1) is 7.51. The van der Waals surface area contributed by atoms with E-state index in [1.807, 2.05) is 0 Å². The normalized spacial score (nSPS) is 21.0. The van der Waals surface area contributed by atoms with E-state index in [2.05, 4.69) is 33.0 Å². The summed E-state index contributed by atoms with van der Waals surface area (Å²) < 4.78 is 5.42. The van der Waals surface area contributed by atoms with Crippen LogP contribution < -0.4 is 5.32 Å². The van der Waals surface area contributed by atoms with E-state index in [1.54, 1.807) is 0 Å². The van der Waals surface area contributed by atoms with E-state index in [0.29, 0.717) is 11.5 Å². The van der Waals surface area contributed by atoms with Crippen molar-refractivity contribution in [2.45, 2.75) is 59.4 Å². The summed E-state index contributed by atoms with van der Waals surface area (Å²) in [5, 5.41) is 3.65.